The van der Waals surface area contributed by atoms with Crippen molar-refractivity contribution in [3.63, 3.8) is 0 Å². The van der Waals surface area contributed by atoms with Crippen LogP contribution in [0.2, 0.25) is 5.02 Å². The van der Waals surface area contributed by atoms with Gasteiger partial charge in [0.1, 0.15) is 11.8 Å². The molecule has 0 heterocycles. The lowest BCUT2D eigenvalue weighted by Crippen LogP contribution is -2.50. The first kappa shape index (κ1) is 22.8. The van der Waals surface area contributed by atoms with E-state index in [1.165, 1.54) is 0 Å². The van der Waals surface area contributed by atoms with Gasteiger partial charge in [0.25, 0.3) is 5.91 Å². The molecule has 0 aromatic heterocycles. The van der Waals surface area contributed by atoms with Crippen LogP contribution in [-0.4, -0.2) is 35.4 Å². The zero-order valence-electron chi connectivity index (χ0n) is 17.4. The molecular formula is C23H29ClN2O3. The molecule has 1 N–H and O–H groups in total. The second kappa shape index (κ2) is 10.9. The zero-order valence-corrected chi connectivity index (χ0v) is 18.2. The number of nitrogens with one attached hydrogen (secondary N) is 1. The number of hydrogen-bond donors (Lipinski definition) is 1. The third-order valence-electron chi connectivity index (χ3n) is 4.76. The van der Waals surface area contributed by atoms with E-state index >= 15 is 0 Å². The molecule has 0 aliphatic carbocycles. The lowest BCUT2D eigenvalue weighted by Gasteiger charge is -2.29. The maximum atomic E-state index is 13.0. The summed E-state index contributed by atoms with van der Waals surface area (Å²) in [6, 6.07) is 14.2. The highest BCUT2D eigenvalue weighted by molar-refractivity contribution is 6.30. The van der Waals surface area contributed by atoms with Crippen molar-refractivity contribution in [2.75, 3.05) is 6.61 Å². The largest absolute Gasteiger partial charge is 0.484 e. The highest BCUT2D eigenvalue weighted by Gasteiger charge is 2.27. The first-order valence-electron chi connectivity index (χ1n) is 9.84. The molecule has 0 radical (unpaired) electrons. The third kappa shape index (κ3) is 7.09. The van der Waals surface area contributed by atoms with Crippen LogP contribution in [0, 0.1) is 6.92 Å². The Bertz CT molecular complexity index is 840. The van der Waals surface area contributed by atoms with Crippen LogP contribution in [0.1, 0.15) is 38.3 Å². The van der Waals surface area contributed by atoms with Crippen molar-refractivity contribution in [1.29, 1.82) is 0 Å². The van der Waals surface area contributed by atoms with Crippen LogP contribution < -0.4 is 10.1 Å². The van der Waals surface area contributed by atoms with E-state index in [1.54, 1.807) is 36.1 Å². The molecular weight excluding hydrogens is 388 g/mol. The van der Waals surface area contributed by atoms with E-state index in [0.717, 1.165) is 17.5 Å². The number of benzene rings is 2. The van der Waals surface area contributed by atoms with Gasteiger partial charge in [-0.15, -0.1) is 0 Å². The molecule has 2 aromatic carbocycles. The van der Waals surface area contributed by atoms with Gasteiger partial charge < -0.3 is 15.0 Å². The summed E-state index contributed by atoms with van der Waals surface area (Å²) in [5.41, 5.74) is 2.06. The number of carbonyl (C=O) groups excluding carboxylic acids is 2. The first-order valence-corrected chi connectivity index (χ1v) is 10.2. The maximum Gasteiger partial charge on any atom is 0.261 e. The van der Waals surface area contributed by atoms with Gasteiger partial charge in [0, 0.05) is 17.6 Å². The fraction of sp³-hybridized carbons (Fsp3) is 0.391. The summed E-state index contributed by atoms with van der Waals surface area (Å²) >= 11 is 5.97. The van der Waals surface area contributed by atoms with Gasteiger partial charge in [-0.05, 0) is 51.0 Å². The summed E-state index contributed by atoms with van der Waals surface area (Å²) in [6.45, 7) is 7.84. The van der Waals surface area contributed by atoms with E-state index in [2.05, 4.69) is 5.32 Å². The normalized spacial score (nSPS) is 12.7. The number of amides is 2. The van der Waals surface area contributed by atoms with Gasteiger partial charge in [-0.3, -0.25) is 9.59 Å². The minimum absolute atomic E-state index is 0.0450. The van der Waals surface area contributed by atoms with E-state index in [1.807, 2.05) is 45.0 Å². The smallest absolute Gasteiger partial charge is 0.261 e. The quantitative estimate of drug-likeness (QED) is 0.660. The topological polar surface area (TPSA) is 58.6 Å². The van der Waals surface area contributed by atoms with E-state index in [4.69, 9.17) is 16.3 Å². The Morgan fingerprint density at radius 3 is 2.52 bits per heavy atom. The van der Waals surface area contributed by atoms with Crippen LogP contribution in [0.25, 0.3) is 0 Å². The molecule has 156 valence electrons. The Labute approximate surface area is 178 Å². The van der Waals surface area contributed by atoms with Crippen molar-refractivity contribution in [1.82, 2.24) is 10.2 Å². The van der Waals surface area contributed by atoms with Gasteiger partial charge >= 0.3 is 0 Å². The van der Waals surface area contributed by atoms with Gasteiger partial charge in [0.15, 0.2) is 6.61 Å². The van der Waals surface area contributed by atoms with Gasteiger partial charge in [-0.25, -0.2) is 0 Å². The third-order valence-corrected chi connectivity index (χ3v) is 5.00. The summed E-state index contributed by atoms with van der Waals surface area (Å²) in [7, 11) is 0. The monoisotopic (exact) mass is 416 g/mol. The first-order chi connectivity index (χ1) is 13.8. The van der Waals surface area contributed by atoms with Crippen LogP contribution >= 0.6 is 11.6 Å². The molecule has 6 heteroatoms. The van der Waals surface area contributed by atoms with E-state index in [9.17, 15) is 9.59 Å². The van der Waals surface area contributed by atoms with Crippen molar-refractivity contribution >= 4 is 23.4 Å². The number of ether oxygens (including phenoxy) is 1. The summed E-state index contributed by atoms with van der Waals surface area (Å²) < 4.78 is 5.62. The average Bonchev–Trinajstić information content (AvgIpc) is 2.69. The standard InChI is InChI=1S/C23H29ClN2O3/c1-5-17(3)25-23(28)18(4)26(14-19-9-6-8-16(2)12-19)22(27)15-29-21-11-7-10-20(24)13-21/h6-13,17-18H,5,14-15H2,1-4H3,(H,25,28)/t17-,18-/m1/s1. The van der Waals surface area contributed by atoms with E-state index in [0.29, 0.717) is 17.3 Å². The Morgan fingerprint density at radius 1 is 1.14 bits per heavy atom. The SMILES string of the molecule is CC[C@@H](C)NC(=O)[C@@H](C)N(Cc1cccc(C)c1)C(=O)COc1cccc(Cl)c1. The molecule has 0 aliphatic rings. The van der Waals surface area contributed by atoms with Crippen LogP contribution in [0.3, 0.4) is 0 Å². The van der Waals surface area contributed by atoms with Crippen molar-refractivity contribution in [2.24, 2.45) is 0 Å². The number of hydrogen-bond acceptors (Lipinski definition) is 3. The molecule has 0 bridgehead atoms. The van der Waals surface area contributed by atoms with Gasteiger partial charge in [0.05, 0.1) is 0 Å². The molecule has 2 amide bonds. The number of nitrogens with zero attached hydrogens (tertiary/aromatic N) is 1. The molecule has 0 spiro atoms. The Morgan fingerprint density at radius 2 is 1.86 bits per heavy atom. The minimum atomic E-state index is -0.625. The molecule has 5 nitrogen and oxygen atoms in total. The Kier molecular flexibility index (Phi) is 8.52. The summed E-state index contributed by atoms with van der Waals surface area (Å²) in [4.78, 5) is 27.2. The average molecular weight is 417 g/mol. The minimum Gasteiger partial charge on any atom is -0.484 e. The van der Waals surface area contributed by atoms with Crippen molar-refractivity contribution in [2.45, 2.75) is 52.7 Å². The highest BCUT2D eigenvalue weighted by Crippen LogP contribution is 2.18. The Hall–Kier alpha value is -2.53. The number of rotatable bonds is 9. The zero-order chi connectivity index (χ0) is 21.4. The van der Waals surface area contributed by atoms with Gasteiger partial charge in [-0.2, -0.15) is 0 Å². The van der Waals surface area contributed by atoms with Crippen LogP contribution in [-0.2, 0) is 16.1 Å². The molecule has 0 aliphatic heterocycles. The van der Waals surface area contributed by atoms with E-state index in [-0.39, 0.29) is 24.5 Å². The number of carbonyl (C=O) groups is 2. The molecule has 2 rings (SSSR count). The second-order valence-electron chi connectivity index (χ2n) is 7.25. The molecule has 2 atom stereocenters. The summed E-state index contributed by atoms with van der Waals surface area (Å²) in [5, 5.41) is 3.49. The second-order valence-corrected chi connectivity index (χ2v) is 7.69. The van der Waals surface area contributed by atoms with Gasteiger partial charge in [-0.1, -0.05) is 54.4 Å². The molecule has 29 heavy (non-hydrogen) atoms. The van der Waals surface area contributed by atoms with Crippen LogP contribution in [0.5, 0.6) is 5.75 Å². The highest BCUT2D eigenvalue weighted by atomic mass is 35.5. The summed E-state index contributed by atoms with van der Waals surface area (Å²) in [6.07, 6.45) is 0.822. The van der Waals surface area contributed by atoms with Crippen molar-refractivity contribution < 1.29 is 14.3 Å². The number of halogens is 1. The fourth-order valence-electron chi connectivity index (χ4n) is 2.84. The van der Waals surface area contributed by atoms with Crippen LogP contribution in [0.15, 0.2) is 48.5 Å². The van der Waals surface area contributed by atoms with Crippen LogP contribution in [0.4, 0.5) is 0 Å². The fourth-order valence-corrected chi connectivity index (χ4v) is 3.02. The number of aryl methyl sites for hydroxylation is 1. The lowest BCUT2D eigenvalue weighted by molar-refractivity contribution is -0.142. The lowest BCUT2D eigenvalue weighted by atomic mass is 10.1. The Balaban J connectivity index is 2.15. The van der Waals surface area contributed by atoms with Gasteiger partial charge in [0.2, 0.25) is 5.91 Å². The molecule has 0 unspecified atom stereocenters. The van der Waals surface area contributed by atoms with E-state index < -0.39 is 6.04 Å². The molecule has 2 aromatic rings. The summed E-state index contributed by atoms with van der Waals surface area (Å²) in [5.74, 6) is 0.0689. The molecule has 0 saturated carbocycles. The predicted octanol–water partition coefficient (Wildman–Crippen LogP) is 4.36. The maximum absolute atomic E-state index is 13.0. The predicted molar refractivity (Wildman–Crippen MR) is 116 cm³/mol. The van der Waals surface area contributed by atoms with Crippen molar-refractivity contribution in [3.8, 4) is 5.75 Å². The van der Waals surface area contributed by atoms with Crippen molar-refractivity contribution in [3.05, 3.63) is 64.7 Å². The molecule has 0 saturated heterocycles. The molecule has 0 fully saturated rings.